The van der Waals surface area contributed by atoms with Crippen molar-refractivity contribution in [2.75, 3.05) is 7.11 Å². The highest BCUT2D eigenvalue weighted by atomic mass is 16.5. The first-order valence-corrected chi connectivity index (χ1v) is 3.65. The lowest BCUT2D eigenvalue weighted by Gasteiger charge is -2.28. The molecule has 0 aromatic rings. The minimum atomic E-state index is 0.516. The molecule has 0 aromatic heterocycles. The fourth-order valence-electron chi connectivity index (χ4n) is 1.45. The van der Waals surface area contributed by atoms with E-state index in [-0.39, 0.29) is 0 Å². The molecular formula is C8H12O. The number of rotatable bonds is 1. The summed E-state index contributed by atoms with van der Waals surface area (Å²) < 4.78 is 5.24. The summed E-state index contributed by atoms with van der Waals surface area (Å²) in [6.07, 6.45) is 5.80. The van der Waals surface area contributed by atoms with Crippen LogP contribution >= 0.6 is 0 Å². The van der Waals surface area contributed by atoms with Crippen LogP contribution < -0.4 is 0 Å². The van der Waals surface area contributed by atoms with Gasteiger partial charge in [0.05, 0.1) is 6.10 Å². The van der Waals surface area contributed by atoms with E-state index in [1.165, 1.54) is 25.7 Å². The molecule has 2 rings (SSSR count). The fourth-order valence-corrected chi connectivity index (χ4v) is 1.45. The first-order valence-electron chi connectivity index (χ1n) is 3.65. The van der Waals surface area contributed by atoms with Gasteiger partial charge in [0.1, 0.15) is 0 Å². The van der Waals surface area contributed by atoms with Crippen LogP contribution in [-0.2, 0) is 4.74 Å². The summed E-state index contributed by atoms with van der Waals surface area (Å²) in [5, 5.41) is 0. The maximum absolute atomic E-state index is 5.24. The summed E-state index contributed by atoms with van der Waals surface area (Å²) in [6.45, 7) is 0. The molecule has 2 aliphatic carbocycles. The Kier molecular flexibility index (Phi) is 1.12. The number of methoxy groups -OCH3 is 1. The van der Waals surface area contributed by atoms with Crippen molar-refractivity contribution in [2.45, 2.75) is 31.8 Å². The monoisotopic (exact) mass is 124 g/mol. The SMILES string of the molecule is COC1CCC1=C1CC1. The highest BCUT2D eigenvalue weighted by Crippen LogP contribution is 2.42. The molecule has 1 atom stereocenters. The van der Waals surface area contributed by atoms with Crippen molar-refractivity contribution in [3.63, 3.8) is 0 Å². The highest BCUT2D eigenvalue weighted by Gasteiger charge is 2.30. The molecule has 2 fully saturated rings. The molecule has 1 nitrogen and oxygen atoms in total. The maximum Gasteiger partial charge on any atom is 0.0786 e. The van der Waals surface area contributed by atoms with Crippen molar-refractivity contribution in [1.82, 2.24) is 0 Å². The summed E-state index contributed by atoms with van der Waals surface area (Å²) in [5.41, 5.74) is 3.31. The molecule has 0 aromatic carbocycles. The Bertz CT molecular complexity index is 150. The van der Waals surface area contributed by atoms with E-state index in [0.29, 0.717) is 6.10 Å². The predicted octanol–water partition coefficient (Wildman–Crippen LogP) is 1.89. The highest BCUT2D eigenvalue weighted by molar-refractivity contribution is 5.32. The van der Waals surface area contributed by atoms with Gasteiger partial charge in [-0.25, -0.2) is 0 Å². The number of ether oxygens (including phenoxy) is 1. The molecule has 2 aliphatic rings. The van der Waals surface area contributed by atoms with E-state index in [2.05, 4.69) is 0 Å². The lowest BCUT2D eigenvalue weighted by molar-refractivity contribution is 0.0899. The molecule has 0 radical (unpaired) electrons. The van der Waals surface area contributed by atoms with Gasteiger partial charge in [-0.1, -0.05) is 5.57 Å². The molecule has 0 N–H and O–H groups in total. The van der Waals surface area contributed by atoms with Gasteiger partial charge in [-0.3, -0.25) is 0 Å². The Morgan fingerprint density at radius 3 is 2.44 bits per heavy atom. The minimum Gasteiger partial charge on any atom is -0.377 e. The number of hydrogen-bond donors (Lipinski definition) is 0. The summed E-state index contributed by atoms with van der Waals surface area (Å²) >= 11 is 0. The summed E-state index contributed by atoms with van der Waals surface area (Å²) in [7, 11) is 1.81. The van der Waals surface area contributed by atoms with E-state index in [1.807, 2.05) is 7.11 Å². The second-order valence-corrected chi connectivity index (χ2v) is 2.89. The van der Waals surface area contributed by atoms with E-state index < -0.39 is 0 Å². The summed E-state index contributed by atoms with van der Waals surface area (Å²) in [4.78, 5) is 0. The third kappa shape index (κ3) is 0.799. The molecule has 9 heavy (non-hydrogen) atoms. The first kappa shape index (κ1) is 5.48. The van der Waals surface area contributed by atoms with Crippen LogP contribution in [0.1, 0.15) is 25.7 Å². The zero-order valence-corrected chi connectivity index (χ0v) is 5.81. The number of allylic oxidation sites excluding steroid dienone is 1. The van der Waals surface area contributed by atoms with Gasteiger partial charge in [-0.05, 0) is 31.3 Å². The largest absolute Gasteiger partial charge is 0.377 e. The van der Waals surface area contributed by atoms with Gasteiger partial charge in [0, 0.05) is 7.11 Å². The van der Waals surface area contributed by atoms with Crippen molar-refractivity contribution in [3.05, 3.63) is 11.1 Å². The molecule has 0 saturated heterocycles. The van der Waals surface area contributed by atoms with E-state index in [1.54, 1.807) is 11.1 Å². The Morgan fingerprint density at radius 1 is 1.33 bits per heavy atom. The zero-order valence-electron chi connectivity index (χ0n) is 5.81. The standard InChI is InChI=1S/C8H12O/c1-9-8-5-4-7(8)6-2-3-6/h8H,2-5H2,1H3. The topological polar surface area (TPSA) is 9.23 Å². The molecular weight excluding hydrogens is 112 g/mol. The molecule has 0 heterocycles. The second-order valence-electron chi connectivity index (χ2n) is 2.89. The van der Waals surface area contributed by atoms with Gasteiger partial charge in [0.25, 0.3) is 0 Å². The molecule has 0 aliphatic heterocycles. The molecule has 0 amide bonds. The average Bonchev–Trinajstić information content (AvgIpc) is 2.48. The van der Waals surface area contributed by atoms with Crippen LogP contribution in [0.5, 0.6) is 0 Å². The van der Waals surface area contributed by atoms with Crippen molar-refractivity contribution >= 4 is 0 Å². The Morgan fingerprint density at radius 2 is 2.11 bits per heavy atom. The van der Waals surface area contributed by atoms with Gasteiger partial charge >= 0.3 is 0 Å². The van der Waals surface area contributed by atoms with Crippen LogP contribution in [-0.4, -0.2) is 13.2 Å². The maximum atomic E-state index is 5.24. The van der Waals surface area contributed by atoms with E-state index >= 15 is 0 Å². The lowest BCUT2D eigenvalue weighted by atomic mass is 9.88. The normalized spacial score (nSPS) is 32.3. The van der Waals surface area contributed by atoms with Gasteiger partial charge in [-0.15, -0.1) is 0 Å². The van der Waals surface area contributed by atoms with Gasteiger partial charge < -0.3 is 4.74 Å². The first-order chi connectivity index (χ1) is 4.42. The Hall–Kier alpha value is -0.300. The lowest BCUT2D eigenvalue weighted by Crippen LogP contribution is -2.23. The summed E-state index contributed by atoms with van der Waals surface area (Å²) in [5.74, 6) is 0. The third-order valence-corrected chi connectivity index (χ3v) is 2.30. The quantitative estimate of drug-likeness (QED) is 0.485. The third-order valence-electron chi connectivity index (χ3n) is 2.30. The molecule has 1 unspecified atom stereocenters. The van der Waals surface area contributed by atoms with Crippen LogP contribution in [0.4, 0.5) is 0 Å². The predicted molar refractivity (Wildman–Crippen MR) is 36.3 cm³/mol. The molecule has 1 heteroatoms. The second kappa shape index (κ2) is 1.84. The molecule has 0 bridgehead atoms. The molecule has 0 spiro atoms. The molecule has 50 valence electrons. The van der Waals surface area contributed by atoms with Crippen molar-refractivity contribution in [2.24, 2.45) is 0 Å². The average molecular weight is 124 g/mol. The van der Waals surface area contributed by atoms with E-state index in [0.717, 1.165) is 0 Å². The minimum absolute atomic E-state index is 0.516. The van der Waals surface area contributed by atoms with Crippen LogP contribution in [0.15, 0.2) is 11.1 Å². The van der Waals surface area contributed by atoms with Gasteiger partial charge in [0.15, 0.2) is 0 Å². The fraction of sp³-hybridized carbons (Fsp3) is 0.750. The van der Waals surface area contributed by atoms with Crippen LogP contribution in [0, 0.1) is 0 Å². The summed E-state index contributed by atoms with van der Waals surface area (Å²) in [6, 6.07) is 0. The van der Waals surface area contributed by atoms with E-state index in [4.69, 9.17) is 4.74 Å². The van der Waals surface area contributed by atoms with Crippen molar-refractivity contribution < 1.29 is 4.74 Å². The van der Waals surface area contributed by atoms with Crippen LogP contribution in [0.2, 0.25) is 0 Å². The van der Waals surface area contributed by atoms with Gasteiger partial charge in [0.2, 0.25) is 0 Å². The molecule has 2 saturated carbocycles. The Balaban J connectivity index is 2.06. The van der Waals surface area contributed by atoms with Crippen molar-refractivity contribution in [3.8, 4) is 0 Å². The van der Waals surface area contributed by atoms with Crippen molar-refractivity contribution in [1.29, 1.82) is 0 Å². The Labute approximate surface area is 55.7 Å². The smallest absolute Gasteiger partial charge is 0.0786 e. The number of hydrogen-bond acceptors (Lipinski definition) is 1. The van der Waals surface area contributed by atoms with Gasteiger partial charge in [-0.2, -0.15) is 0 Å². The zero-order chi connectivity index (χ0) is 6.27. The van der Waals surface area contributed by atoms with E-state index in [9.17, 15) is 0 Å². The van der Waals surface area contributed by atoms with Crippen LogP contribution in [0.25, 0.3) is 0 Å². The van der Waals surface area contributed by atoms with Crippen LogP contribution in [0.3, 0.4) is 0 Å².